The normalized spacial score (nSPS) is 11.2. The summed E-state index contributed by atoms with van der Waals surface area (Å²) in [6, 6.07) is 23.7. The van der Waals surface area contributed by atoms with Crippen LogP contribution in [0.15, 0.2) is 84.1 Å². The molecule has 0 bridgehead atoms. The predicted octanol–water partition coefficient (Wildman–Crippen LogP) is 5.46. The standard InChI is InChI=1S/C25H22IN3O2/c1-2-31-22-13-9-19(10-14-22)25(30)28-27-15-20-17-29(24-6-4-3-5-23(20)24)16-18-7-11-21(26)12-8-18/h3-15,17H,2,16H2,1H3,(H,28,30)/b27-15+. The molecule has 0 aliphatic rings. The number of fused-ring (bicyclic) bond motifs is 1. The van der Waals surface area contributed by atoms with Crippen molar-refractivity contribution in [3.8, 4) is 5.75 Å². The molecule has 0 saturated heterocycles. The maximum Gasteiger partial charge on any atom is 0.271 e. The van der Waals surface area contributed by atoms with Crippen LogP contribution in [0.4, 0.5) is 0 Å². The molecule has 0 unspecified atom stereocenters. The Balaban J connectivity index is 1.50. The van der Waals surface area contributed by atoms with Gasteiger partial charge in [0.05, 0.1) is 12.8 Å². The van der Waals surface area contributed by atoms with Gasteiger partial charge >= 0.3 is 0 Å². The third kappa shape index (κ3) is 5.14. The van der Waals surface area contributed by atoms with Crippen molar-refractivity contribution >= 4 is 45.6 Å². The minimum Gasteiger partial charge on any atom is -0.494 e. The third-order valence-electron chi connectivity index (χ3n) is 4.88. The molecule has 5 nitrogen and oxygen atoms in total. The second kappa shape index (κ2) is 9.78. The summed E-state index contributed by atoms with van der Waals surface area (Å²) in [6.07, 6.45) is 3.76. The largest absolute Gasteiger partial charge is 0.494 e. The summed E-state index contributed by atoms with van der Waals surface area (Å²) in [5.41, 5.74) is 6.45. The minimum absolute atomic E-state index is 0.262. The molecular formula is C25H22IN3O2. The fourth-order valence-electron chi connectivity index (χ4n) is 3.39. The van der Waals surface area contributed by atoms with Crippen molar-refractivity contribution in [2.24, 2.45) is 5.10 Å². The molecule has 4 aromatic rings. The van der Waals surface area contributed by atoms with E-state index in [0.29, 0.717) is 12.2 Å². The number of amides is 1. The topological polar surface area (TPSA) is 55.6 Å². The van der Waals surface area contributed by atoms with Gasteiger partial charge in [-0.2, -0.15) is 5.10 Å². The van der Waals surface area contributed by atoms with Crippen LogP contribution in [0.2, 0.25) is 0 Å². The molecule has 1 amide bonds. The third-order valence-corrected chi connectivity index (χ3v) is 5.60. The number of hydrogen-bond donors (Lipinski definition) is 1. The van der Waals surface area contributed by atoms with E-state index in [9.17, 15) is 4.79 Å². The molecule has 1 heterocycles. The highest BCUT2D eigenvalue weighted by Gasteiger charge is 2.08. The van der Waals surface area contributed by atoms with E-state index in [1.807, 2.05) is 19.1 Å². The Morgan fingerprint density at radius 1 is 1.06 bits per heavy atom. The van der Waals surface area contributed by atoms with Crippen LogP contribution >= 0.6 is 22.6 Å². The Bertz CT molecular complexity index is 1210. The van der Waals surface area contributed by atoms with E-state index < -0.39 is 0 Å². The van der Waals surface area contributed by atoms with E-state index >= 15 is 0 Å². The van der Waals surface area contributed by atoms with Crippen molar-refractivity contribution in [3.63, 3.8) is 0 Å². The first-order valence-corrected chi connectivity index (χ1v) is 11.1. The van der Waals surface area contributed by atoms with Crippen molar-refractivity contribution in [1.29, 1.82) is 0 Å². The lowest BCUT2D eigenvalue weighted by Gasteiger charge is -2.05. The average molecular weight is 523 g/mol. The van der Waals surface area contributed by atoms with Crippen molar-refractivity contribution in [2.45, 2.75) is 13.5 Å². The van der Waals surface area contributed by atoms with Crippen molar-refractivity contribution < 1.29 is 9.53 Å². The Morgan fingerprint density at radius 2 is 1.81 bits per heavy atom. The van der Waals surface area contributed by atoms with Gasteiger partial charge in [0.15, 0.2) is 0 Å². The first-order valence-electron chi connectivity index (χ1n) is 10.0. The van der Waals surface area contributed by atoms with Gasteiger partial charge in [-0.3, -0.25) is 4.79 Å². The first kappa shape index (κ1) is 21.1. The van der Waals surface area contributed by atoms with Gasteiger partial charge in [0.1, 0.15) is 5.75 Å². The van der Waals surface area contributed by atoms with Gasteiger partial charge in [-0.25, -0.2) is 5.43 Å². The molecule has 0 radical (unpaired) electrons. The quantitative estimate of drug-likeness (QED) is 0.199. The van der Waals surface area contributed by atoms with E-state index in [-0.39, 0.29) is 5.91 Å². The van der Waals surface area contributed by atoms with E-state index in [2.05, 4.69) is 80.3 Å². The number of rotatable bonds is 7. The van der Waals surface area contributed by atoms with Gasteiger partial charge < -0.3 is 9.30 Å². The van der Waals surface area contributed by atoms with Gasteiger partial charge in [0.2, 0.25) is 0 Å². The maximum absolute atomic E-state index is 12.4. The number of para-hydroxylation sites is 1. The fraction of sp³-hybridized carbons (Fsp3) is 0.120. The molecule has 6 heteroatoms. The van der Waals surface area contributed by atoms with Crippen LogP contribution in [0, 0.1) is 3.57 Å². The number of halogens is 1. The second-order valence-electron chi connectivity index (χ2n) is 7.01. The summed E-state index contributed by atoms with van der Waals surface area (Å²) < 4.78 is 8.83. The van der Waals surface area contributed by atoms with Gasteiger partial charge in [-0.1, -0.05) is 30.3 Å². The molecular weight excluding hydrogens is 501 g/mol. The lowest BCUT2D eigenvalue weighted by molar-refractivity contribution is 0.0955. The monoisotopic (exact) mass is 523 g/mol. The van der Waals surface area contributed by atoms with Crippen molar-refractivity contribution in [3.05, 3.63) is 99.3 Å². The Kier molecular flexibility index (Phi) is 6.66. The minimum atomic E-state index is -0.262. The van der Waals surface area contributed by atoms with Crippen LogP contribution in [-0.2, 0) is 6.54 Å². The molecule has 0 aliphatic heterocycles. The highest BCUT2D eigenvalue weighted by molar-refractivity contribution is 14.1. The number of nitrogens with zero attached hydrogens (tertiary/aromatic N) is 2. The zero-order chi connectivity index (χ0) is 21.6. The molecule has 31 heavy (non-hydrogen) atoms. The summed E-state index contributed by atoms with van der Waals surface area (Å²) in [7, 11) is 0. The summed E-state index contributed by atoms with van der Waals surface area (Å²) in [6.45, 7) is 3.28. The molecule has 156 valence electrons. The Hall–Kier alpha value is -3.13. The van der Waals surface area contributed by atoms with Crippen LogP contribution in [0.3, 0.4) is 0 Å². The summed E-state index contributed by atoms with van der Waals surface area (Å²) in [5, 5.41) is 5.28. The predicted molar refractivity (Wildman–Crippen MR) is 133 cm³/mol. The maximum atomic E-state index is 12.4. The van der Waals surface area contributed by atoms with E-state index in [1.54, 1.807) is 30.5 Å². The molecule has 1 N–H and O–H groups in total. The van der Waals surface area contributed by atoms with E-state index in [4.69, 9.17) is 4.74 Å². The molecule has 4 rings (SSSR count). The SMILES string of the molecule is CCOc1ccc(C(=O)N/N=C/c2cn(Cc3ccc(I)cc3)c3ccccc23)cc1. The molecule has 0 aliphatic carbocycles. The van der Waals surface area contributed by atoms with Gasteiger partial charge in [0, 0.05) is 38.3 Å². The van der Waals surface area contributed by atoms with Gasteiger partial charge in [-0.05, 0) is 77.5 Å². The number of aromatic nitrogens is 1. The average Bonchev–Trinajstić information content (AvgIpc) is 3.13. The van der Waals surface area contributed by atoms with Gasteiger partial charge in [0.25, 0.3) is 5.91 Å². The number of benzene rings is 3. The number of nitrogens with one attached hydrogen (secondary N) is 1. The second-order valence-corrected chi connectivity index (χ2v) is 8.26. The van der Waals surface area contributed by atoms with E-state index in [1.165, 1.54) is 9.13 Å². The van der Waals surface area contributed by atoms with Crippen molar-refractivity contribution in [2.75, 3.05) is 6.61 Å². The fourth-order valence-corrected chi connectivity index (χ4v) is 3.75. The Morgan fingerprint density at radius 3 is 2.55 bits per heavy atom. The van der Waals surface area contributed by atoms with E-state index in [0.717, 1.165) is 28.8 Å². The smallest absolute Gasteiger partial charge is 0.271 e. The lowest BCUT2D eigenvalue weighted by Crippen LogP contribution is -2.17. The van der Waals surface area contributed by atoms with Crippen LogP contribution in [0.1, 0.15) is 28.4 Å². The summed E-state index contributed by atoms with van der Waals surface area (Å²) >= 11 is 2.31. The van der Waals surface area contributed by atoms with Crippen molar-refractivity contribution in [1.82, 2.24) is 9.99 Å². The highest BCUT2D eigenvalue weighted by atomic mass is 127. The van der Waals surface area contributed by atoms with Crippen LogP contribution in [-0.4, -0.2) is 23.3 Å². The molecule has 0 atom stereocenters. The van der Waals surface area contributed by atoms with Gasteiger partial charge in [-0.15, -0.1) is 0 Å². The van der Waals surface area contributed by atoms with Crippen LogP contribution in [0.25, 0.3) is 10.9 Å². The highest BCUT2D eigenvalue weighted by Crippen LogP contribution is 2.21. The van der Waals surface area contributed by atoms with Crippen LogP contribution < -0.4 is 10.2 Å². The number of ether oxygens (including phenoxy) is 1. The zero-order valence-electron chi connectivity index (χ0n) is 17.1. The van der Waals surface area contributed by atoms with Crippen LogP contribution in [0.5, 0.6) is 5.75 Å². The number of hydrogen-bond acceptors (Lipinski definition) is 3. The summed E-state index contributed by atoms with van der Waals surface area (Å²) in [5.74, 6) is 0.477. The molecule has 1 aromatic heterocycles. The number of carbonyl (C=O) groups excluding carboxylic acids is 1. The molecule has 0 saturated carbocycles. The molecule has 0 spiro atoms. The summed E-state index contributed by atoms with van der Waals surface area (Å²) in [4.78, 5) is 12.4. The first-order chi connectivity index (χ1) is 15.1. The zero-order valence-corrected chi connectivity index (χ0v) is 19.2. The number of hydrazone groups is 1. The lowest BCUT2D eigenvalue weighted by atomic mass is 10.2. The molecule has 3 aromatic carbocycles. The molecule has 0 fully saturated rings. The Labute approximate surface area is 194 Å². The number of carbonyl (C=O) groups is 1.